The summed E-state index contributed by atoms with van der Waals surface area (Å²) in [5.74, 6) is -1.03. The van der Waals surface area contributed by atoms with Gasteiger partial charge in [0, 0.05) is 23.6 Å². The molecule has 0 aliphatic carbocycles. The third kappa shape index (κ3) is 4.06. The predicted octanol–water partition coefficient (Wildman–Crippen LogP) is 3.69. The SMILES string of the molecule is COc1ccc(NC(=O)c2c(C)nn3cccnc23)cc1NC(=O)c1cccc(F)c1. The minimum Gasteiger partial charge on any atom is -0.495 e. The molecule has 0 saturated heterocycles. The van der Waals surface area contributed by atoms with Crippen LogP contribution in [0.25, 0.3) is 5.65 Å². The van der Waals surface area contributed by atoms with Gasteiger partial charge in [0.25, 0.3) is 11.8 Å². The van der Waals surface area contributed by atoms with E-state index in [0.717, 1.165) is 6.07 Å². The van der Waals surface area contributed by atoms with E-state index in [1.807, 2.05) is 0 Å². The van der Waals surface area contributed by atoms with Crippen molar-refractivity contribution in [3.63, 3.8) is 0 Å². The van der Waals surface area contributed by atoms with Crippen molar-refractivity contribution in [2.45, 2.75) is 6.92 Å². The average Bonchev–Trinajstić information content (AvgIpc) is 3.09. The summed E-state index contributed by atoms with van der Waals surface area (Å²) in [6.45, 7) is 1.72. The van der Waals surface area contributed by atoms with Crippen LogP contribution in [0.15, 0.2) is 60.9 Å². The van der Waals surface area contributed by atoms with E-state index in [1.165, 1.54) is 29.8 Å². The molecule has 0 radical (unpaired) electrons. The number of ether oxygens (including phenoxy) is 1. The number of halogens is 1. The fourth-order valence-corrected chi connectivity index (χ4v) is 3.16. The second-order valence-electron chi connectivity index (χ2n) is 6.68. The Labute approximate surface area is 176 Å². The number of rotatable bonds is 5. The third-order valence-corrected chi connectivity index (χ3v) is 4.59. The lowest BCUT2D eigenvalue weighted by Gasteiger charge is -2.13. The minimum absolute atomic E-state index is 0.157. The smallest absolute Gasteiger partial charge is 0.261 e. The zero-order valence-electron chi connectivity index (χ0n) is 16.7. The summed E-state index contributed by atoms with van der Waals surface area (Å²) >= 11 is 0. The van der Waals surface area contributed by atoms with Gasteiger partial charge in [-0.1, -0.05) is 6.07 Å². The number of benzene rings is 2. The van der Waals surface area contributed by atoms with Crippen LogP contribution in [-0.4, -0.2) is 33.5 Å². The number of hydrogen-bond acceptors (Lipinski definition) is 5. The van der Waals surface area contributed by atoms with Crippen molar-refractivity contribution in [2.75, 3.05) is 17.7 Å². The number of aryl methyl sites for hydroxylation is 1. The number of carbonyl (C=O) groups excluding carboxylic acids is 2. The molecule has 0 spiro atoms. The molecule has 2 aromatic carbocycles. The zero-order chi connectivity index (χ0) is 22.0. The van der Waals surface area contributed by atoms with E-state index in [-0.39, 0.29) is 5.56 Å². The first-order valence-corrected chi connectivity index (χ1v) is 9.32. The molecule has 2 aromatic heterocycles. The highest BCUT2D eigenvalue weighted by atomic mass is 19.1. The zero-order valence-corrected chi connectivity index (χ0v) is 16.7. The number of nitrogens with zero attached hydrogens (tertiary/aromatic N) is 3. The number of hydrogen-bond donors (Lipinski definition) is 2. The van der Waals surface area contributed by atoms with Gasteiger partial charge in [0.05, 0.1) is 18.5 Å². The summed E-state index contributed by atoms with van der Waals surface area (Å²) in [6, 6.07) is 11.9. The molecule has 0 aliphatic rings. The summed E-state index contributed by atoms with van der Waals surface area (Å²) in [4.78, 5) is 29.6. The molecule has 0 saturated carbocycles. The van der Waals surface area contributed by atoms with Gasteiger partial charge in [-0.05, 0) is 49.4 Å². The number of carbonyl (C=O) groups is 2. The number of amides is 2. The van der Waals surface area contributed by atoms with Crippen LogP contribution >= 0.6 is 0 Å². The molecule has 156 valence electrons. The van der Waals surface area contributed by atoms with Crippen molar-refractivity contribution < 1.29 is 18.7 Å². The minimum atomic E-state index is -0.516. The fraction of sp³-hybridized carbons (Fsp3) is 0.0909. The van der Waals surface area contributed by atoms with Crippen LogP contribution in [0.1, 0.15) is 26.4 Å². The normalized spacial score (nSPS) is 10.7. The molecule has 31 heavy (non-hydrogen) atoms. The van der Waals surface area contributed by atoms with Crippen LogP contribution < -0.4 is 15.4 Å². The van der Waals surface area contributed by atoms with Crippen molar-refractivity contribution in [1.82, 2.24) is 14.6 Å². The van der Waals surface area contributed by atoms with E-state index < -0.39 is 17.6 Å². The second-order valence-corrected chi connectivity index (χ2v) is 6.68. The van der Waals surface area contributed by atoms with E-state index >= 15 is 0 Å². The fourth-order valence-electron chi connectivity index (χ4n) is 3.16. The van der Waals surface area contributed by atoms with Crippen LogP contribution in [0.5, 0.6) is 5.75 Å². The largest absolute Gasteiger partial charge is 0.495 e. The molecule has 0 aliphatic heterocycles. The first-order valence-electron chi connectivity index (χ1n) is 9.32. The maximum absolute atomic E-state index is 13.4. The highest BCUT2D eigenvalue weighted by Gasteiger charge is 2.19. The third-order valence-electron chi connectivity index (χ3n) is 4.59. The monoisotopic (exact) mass is 419 g/mol. The first-order chi connectivity index (χ1) is 15.0. The van der Waals surface area contributed by atoms with E-state index in [0.29, 0.717) is 34.0 Å². The van der Waals surface area contributed by atoms with Crippen LogP contribution in [0.2, 0.25) is 0 Å². The Balaban J connectivity index is 1.60. The Morgan fingerprint density at radius 2 is 1.90 bits per heavy atom. The van der Waals surface area contributed by atoms with Gasteiger partial charge in [-0.3, -0.25) is 9.59 Å². The second kappa shape index (κ2) is 8.23. The van der Waals surface area contributed by atoms with Gasteiger partial charge in [-0.25, -0.2) is 13.9 Å². The Bertz CT molecular complexity index is 1300. The molecular weight excluding hydrogens is 401 g/mol. The van der Waals surface area contributed by atoms with Gasteiger partial charge in [0.15, 0.2) is 5.65 Å². The number of fused-ring (bicyclic) bond motifs is 1. The summed E-state index contributed by atoms with van der Waals surface area (Å²) in [7, 11) is 1.46. The topological polar surface area (TPSA) is 97.6 Å². The number of nitrogens with one attached hydrogen (secondary N) is 2. The number of methoxy groups -OCH3 is 1. The van der Waals surface area contributed by atoms with Crippen molar-refractivity contribution >= 4 is 28.8 Å². The van der Waals surface area contributed by atoms with Crippen LogP contribution in [0.4, 0.5) is 15.8 Å². The Kier molecular flexibility index (Phi) is 5.31. The van der Waals surface area contributed by atoms with Crippen molar-refractivity contribution in [3.05, 3.63) is 83.6 Å². The molecule has 2 heterocycles. The van der Waals surface area contributed by atoms with Crippen molar-refractivity contribution in [3.8, 4) is 5.75 Å². The van der Waals surface area contributed by atoms with Gasteiger partial charge in [0.1, 0.15) is 17.1 Å². The molecule has 8 nitrogen and oxygen atoms in total. The van der Waals surface area contributed by atoms with Crippen LogP contribution in [-0.2, 0) is 0 Å². The maximum Gasteiger partial charge on any atom is 0.261 e. The van der Waals surface area contributed by atoms with Gasteiger partial charge >= 0.3 is 0 Å². The van der Waals surface area contributed by atoms with Gasteiger partial charge in [-0.2, -0.15) is 5.10 Å². The van der Waals surface area contributed by atoms with Gasteiger partial charge in [0.2, 0.25) is 0 Å². The average molecular weight is 419 g/mol. The van der Waals surface area contributed by atoms with Crippen molar-refractivity contribution in [2.24, 2.45) is 0 Å². The Morgan fingerprint density at radius 1 is 1.06 bits per heavy atom. The summed E-state index contributed by atoms with van der Waals surface area (Å²) in [6.07, 6.45) is 3.29. The van der Waals surface area contributed by atoms with Gasteiger partial charge in [-0.15, -0.1) is 0 Å². The molecule has 4 rings (SSSR count). The highest BCUT2D eigenvalue weighted by molar-refractivity contribution is 6.10. The van der Waals surface area contributed by atoms with Crippen LogP contribution in [0.3, 0.4) is 0 Å². The highest BCUT2D eigenvalue weighted by Crippen LogP contribution is 2.29. The predicted molar refractivity (Wildman–Crippen MR) is 113 cm³/mol. The quantitative estimate of drug-likeness (QED) is 0.514. The summed E-state index contributed by atoms with van der Waals surface area (Å²) in [5.41, 5.74) is 2.22. The van der Waals surface area contributed by atoms with Crippen molar-refractivity contribution in [1.29, 1.82) is 0 Å². The van der Waals surface area contributed by atoms with E-state index in [9.17, 15) is 14.0 Å². The maximum atomic E-state index is 13.4. The lowest BCUT2D eigenvalue weighted by molar-refractivity contribution is 0.101. The standard InChI is InChI=1S/C22H18FN5O3/c1-13-19(20-24-9-4-10-28(20)27-13)22(30)25-16-7-8-18(31-2)17(12-16)26-21(29)14-5-3-6-15(23)11-14/h3-12H,1-2H3,(H,25,30)(H,26,29). The molecule has 0 unspecified atom stereocenters. The molecule has 2 N–H and O–H groups in total. The molecule has 0 atom stereocenters. The number of anilines is 2. The molecule has 0 fully saturated rings. The molecule has 2 amide bonds. The van der Waals surface area contributed by atoms with E-state index in [1.54, 1.807) is 43.6 Å². The number of aromatic nitrogens is 3. The molecule has 4 aromatic rings. The van der Waals surface area contributed by atoms with E-state index in [4.69, 9.17) is 4.74 Å². The lowest BCUT2D eigenvalue weighted by Crippen LogP contribution is -2.15. The lowest BCUT2D eigenvalue weighted by atomic mass is 10.2. The van der Waals surface area contributed by atoms with E-state index in [2.05, 4.69) is 20.7 Å². The molecule has 9 heteroatoms. The molecule has 0 bridgehead atoms. The first kappa shape index (κ1) is 20.0. The summed E-state index contributed by atoms with van der Waals surface area (Å²) in [5, 5.41) is 9.76. The Hall–Kier alpha value is -4.27. The Morgan fingerprint density at radius 3 is 2.68 bits per heavy atom. The van der Waals surface area contributed by atoms with Crippen LogP contribution in [0, 0.1) is 12.7 Å². The molecular formula is C22H18FN5O3. The van der Waals surface area contributed by atoms with Gasteiger partial charge < -0.3 is 15.4 Å². The summed E-state index contributed by atoms with van der Waals surface area (Å²) < 4.78 is 20.3.